The fourth-order valence-electron chi connectivity index (χ4n) is 5.21. The van der Waals surface area contributed by atoms with Crippen molar-refractivity contribution in [3.63, 3.8) is 0 Å². The largest absolute Gasteiger partial charge is 0.369 e. The third kappa shape index (κ3) is 6.97. The summed E-state index contributed by atoms with van der Waals surface area (Å²) >= 11 is 1.72. The topological polar surface area (TPSA) is 109 Å². The van der Waals surface area contributed by atoms with Gasteiger partial charge < -0.3 is 15.5 Å². The highest BCUT2D eigenvalue weighted by molar-refractivity contribution is 7.99. The number of rotatable bonds is 10. The molecule has 1 saturated heterocycles. The lowest BCUT2D eigenvalue weighted by atomic mass is 9.93. The van der Waals surface area contributed by atoms with Gasteiger partial charge in [-0.25, -0.2) is 24.3 Å². The van der Waals surface area contributed by atoms with Crippen LogP contribution in [0.5, 0.6) is 0 Å². The first-order chi connectivity index (χ1) is 19.9. The van der Waals surface area contributed by atoms with Crippen LogP contribution in [-0.2, 0) is 12.8 Å². The summed E-state index contributed by atoms with van der Waals surface area (Å²) in [6.45, 7) is 2.91. The Hall–Kier alpha value is -3.70. The number of nitrogens with one attached hydrogen (secondary N) is 2. The Morgan fingerprint density at radius 3 is 2.63 bits per heavy atom. The summed E-state index contributed by atoms with van der Waals surface area (Å²) in [7, 11) is 3.66. The molecule has 4 heterocycles. The number of nitrogens with zero attached hydrogens (tertiary/aromatic N) is 6. The summed E-state index contributed by atoms with van der Waals surface area (Å²) in [6.07, 6.45) is 12.4. The number of hydrogen-bond acceptors (Lipinski definition) is 9. The highest BCUT2D eigenvalue weighted by Crippen LogP contribution is 2.26. The number of thioether (sulfide) groups is 1. The van der Waals surface area contributed by atoms with E-state index in [-0.39, 0.29) is 10.8 Å². The van der Waals surface area contributed by atoms with Gasteiger partial charge in [-0.2, -0.15) is 11.8 Å². The Morgan fingerprint density at radius 2 is 1.90 bits per heavy atom. The van der Waals surface area contributed by atoms with E-state index in [1.165, 1.54) is 19.9 Å². The van der Waals surface area contributed by atoms with Crippen molar-refractivity contribution in [1.82, 2.24) is 35.1 Å². The minimum Gasteiger partial charge on any atom is -0.369 e. The van der Waals surface area contributed by atoms with Crippen molar-refractivity contribution in [3.8, 4) is 11.3 Å². The molecule has 1 amide bonds. The number of benzene rings is 1. The molecule has 1 atom stereocenters. The Kier molecular flexibility index (Phi) is 9.35. The second kappa shape index (κ2) is 13.3. The fraction of sp³-hybridized carbons (Fsp3) is 0.400. The van der Waals surface area contributed by atoms with E-state index in [0.717, 1.165) is 48.4 Å². The van der Waals surface area contributed by atoms with Gasteiger partial charge in [0.1, 0.15) is 18.0 Å². The maximum absolute atomic E-state index is 14.4. The average molecular weight is 575 g/mol. The summed E-state index contributed by atoms with van der Waals surface area (Å²) in [5.41, 5.74) is 3.22. The molecule has 0 aliphatic carbocycles. The first-order valence-corrected chi connectivity index (χ1v) is 15.1. The lowest BCUT2D eigenvalue weighted by Gasteiger charge is -2.28. The third-order valence-corrected chi connectivity index (χ3v) is 8.66. The van der Waals surface area contributed by atoms with E-state index in [9.17, 15) is 9.18 Å². The van der Waals surface area contributed by atoms with Gasteiger partial charge in [0.05, 0.1) is 23.0 Å². The van der Waals surface area contributed by atoms with Gasteiger partial charge in [0.25, 0.3) is 5.91 Å². The molecule has 1 aliphatic rings. The van der Waals surface area contributed by atoms with Crippen molar-refractivity contribution in [2.45, 2.75) is 30.9 Å². The molecule has 0 radical (unpaired) electrons. The van der Waals surface area contributed by atoms with Crippen molar-refractivity contribution >= 4 is 34.4 Å². The molecule has 5 rings (SSSR count). The maximum atomic E-state index is 14.4. The van der Waals surface area contributed by atoms with Crippen molar-refractivity contribution in [2.75, 3.05) is 45.3 Å². The highest BCUT2D eigenvalue weighted by Gasteiger charge is 2.20. The predicted molar refractivity (Wildman–Crippen MR) is 162 cm³/mol. The number of halogens is 1. The van der Waals surface area contributed by atoms with E-state index in [0.29, 0.717) is 35.6 Å². The van der Waals surface area contributed by atoms with Gasteiger partial charge in [-0.1, -0.05) is 18.2 Å². The van der Waals surface area contributed by atoms with Crippen LogP contribution in [0.4, 0.5) is 10.2 Å². The molecular formula is C30H35FN8OS. The maximum Gasteiger partial charge on any atom is 0.254 e. The van der Waals surface area contributed by atoms with Crippen LogP contribution in [0.25, 0.3) is 22.2 Å². The molecule has 3 aromatic heterocycles. The zero-order valence-electron chi connectivity index (χ0n) is 23.6. The second-order valence-electron chi connectivity index (χ2n) is 10.4. The average Bonchev–Trinajstić information content (AvgIpc) is 3.00. The van der Waals surface area contributed by atoms with E-state index >= 15 is 0 Å². The van der Waals surface area contributed by atoms with E-state index in [2.05, 4.69) is 53.8 Å². The Morgan fingerprint density at radius 1 is 1.12 bits per heavy atom. The second-order valence-corrected chi connectivity index (χ2v) is 11.6. The standard InChI is InChI=1S/C30H35FN8OS/c1-32-30(40)28-23-6-4-5-20(29(23)36-17-24(28)31)12-22(41-3)16-35-27-13-25(37-18-38-27)21-14-33-26(34-15-21)11-19-7-9-39(2)10-8-19/h4-6,13-15,17-19,22H,7-12,16H2,1-3H3,(H,32,40)(H,35,37,38). The monoisotopic (exact) mass is 574 g/mol. The molecule has 214 valence electrons. The molecule has 1 aliphatic heterocycles. The van der Waals surface area contributed by atoms with Crippen molar-refractivity contribution < 1.29 is 9.18 Å². The Labute approximate surface area is 243 Å². The predicted octanol–water partition coefficient (Wildman–Crippen LogP) is 4.25. The summed E-state index contributed by atoms with van der Waals surface area (Å²) in [4.78, 5) is 37.1. The van der Waals surface area contributed by atoms with Crippen LogP contribution in [0.3, 0.4) is 0 Å². The molecule has 1 aromatic carbocycles. The van der Waals surface area contributed by atoms with E-state index in [1.54, 1.807) is 24.2 Å². The summed E-state index contributed by atoms with van der Waals surface area (Å²) in [5, 5.41) is 6.63. The van der Waals surface area contributed by atoms with Gasteiger partial charge in [-0.15, -0.1) is 0 Å². The van der Waals surface area contributed by atoms with Crippen LogP contribution >= 0.6 is 11.8 Å². The molecule has 0 spiro atoms. The fourth-order valence-corrected chi connectivity index (χ4v) is 5.81. The normalized spacial score (nSPS) is 15.1. The molecule has 41 heavy (non-hydrogen) atoms. The highest BCUT2D eigenvalue weighted by atomic mass is 32.2. The van der Waals surface area contributed by atoms with Crippen LogP contribution in [-0.4, -0.2) is 81.0 Å². The minimum absolute atomic E-state index is 0.0190. The molecule has 0 saturated carbocycles. The van der Waals surface area contributed by atoms with Crippen LogP contribution in [0.15, 0.2) is 49.2 Å². The number of amides is 1. The third-order valence-electron chi connectivity index (χ3n) is 7.66. The summed E-state index contributed by atoms with van der Waals surface area (Å²) in [5.74, 6) is 1.14. The molecule has 1 fully saturated rings. The van der Waals surface area contributed by atoms with E-state index in [1.807, 2.05) is 30.6 Å². The smallest absolute Gasteiger partial charge is 0.254 e. The van der Waals surface area contributed by atoms with Crippen LogP contribution in [0.1, 0.15) is 34.6 Å². The first kappa shape index (κ1) is 28.8. The van der Waals surface area contributed by atoms with Gasteiger partial charge >= 0.3 is 0 Å². The number of carbonyl (C=O) groups excluding carboxylic acids is 1. The minimum atomic E-state index is -0.631. The first-order valence-electron chi connectivity index (χ1n) is 13.8. The van der Waals surface area contributed by atoms with Crippen molar-refractivity contribution in [2.24, 2.45) is 5.92 Å². The van der Waals surface area contributed by atoms with Gasteiger partial charge in [0.15, 0.2) is 5.82 Å². The Balaban J connectivity index is 1.24. The summed E-state index contributed by atoms with van der Waals surface area (Å²) < 4.78 is 14.4. The lowest BCUT2D eigenvalue weighted by molar-refractivity contribution is 0.0960. The summed E-state index contributed by atoms with van der Waals surface area (Å²) in [6, 6.07) is 7.46. The number of fused-ring (bicyclic) bond motifs is 1. The molecule has 0 bridgehead atoms. The number of para-hydroxylation sites is 1. The van der Waals surface area contributed by atoms with Gasteiger partial charge in [-0.3, -0.25) is 9.78 Å². The van der Waals surface area contributed by atoms with Crippen LogP contribution < -0.4 is 10.6 Å². The molecule has 1 unspecified atom stereocenters. The Bertz CT molecular complexity index is 1490. The number of anilines is 1. The number of pyridine rings is 1. The van der Waals surface area contributed by atoms with Gasteiger partial charge in [0, 0.05) is 54.7 Å². The molecular weight excluding hydrogens is 539 g/mol. The van der Waals surface area contributed by atoms with E-state index in [4.69, 9.17) is 0 Å². The van der Waals surface area contributed by atoms with E-state index < -0.39 is 11.7 Å². The number of piperidine rings is 1. The van der Waals surface area contributed by atoms with Gasteiger partial charge in [-0.05, 0) is 57.1 Å². The molecule has 2 N–H and O–H groups in total. The molecule has 9 nitrogen and oxygen atoms in total. The lowest BCUT2D eigenvalue weighted by Crippen LogP contribution is -2.31. The van der Waals surface area contributed by atoms with Crippen LogP contribution in [0, 0.1) is 11.7 Å². The SMILES string of the molecule is CNC(=O)c1c(F)cnc2c(CC(CNc3cc(-c4cnc(CC5CCN(C)CC5)nc4)ncn3)SC)cccc12. The van der Waals surface area contributed by atoms with Gasteiger partial charge in [0.2, 0.25) is 0 Å². The quantitative estimate of drug-likeness (QED) is 0.287. The zero-order valence-corrected chi connectivity index (χ0v) is 24.4. The van der Waals surface area contributed by atoms with Crippen molar-refractivity contribution in [1.29, 1.82) is 0 Å². The zero-order chi connectivity index (χ0) is 28.8. The van der Waals surface area contributed by atoms with Crippen molar-refractivity contribution in [3.05, 3.63) is 72.0 Å². The molecule has 11 heteroatoms. The molecule has 4 aromatic rings. The number of likely N-dealkylation sites (tertiary alicyclic amines) is 1. The van der Waals surface area contributed by atoms with Crippen LogP contribution in [0.2, 0.25) is 0 Å². The number of carbonyl (C=O) groups is 1. The number of aromatic nitrogens is 5. The number of hydrogen-bond donors (Lipinski definition) is 2.